The van der Waals surface area contributed by atoms with Gasteiger partial charge in [-0.15, -0.1) is 0 Å². The van der Waals surface area contributed by atoms with Crippen molar-refractivity contribution >= 4 is 105 Å². The molecule has 0 saturated heterocycles. The fraction of sp³-hybridized carbons (Fsp3) is 0.148. The molecule has 2 aromatic heterocycles. The van der Waals surface area contributed by atoms with Gasteiger partial charge in [0.05, 0.1) is 0 Å². The molecule has 4 heterocycles. The SMILES string of the molecule is CC(C)(C)c1cc(C2c3cc4cc5c6ccccc6c6ccccc6c5cc4cc3B3c4c2cc2oc5ccccc5c2c4-c2cccc4c5ccccc5n3c24)cc(C(C)(C)C)c1. The Morgan fingerprint density at radius 1 is 0.469 bits per heavy atom. The van der Waals surface area contributed by atoms with Gasteiger partial charge in [0.2, 0.25) is 0 Å². The number of para-hydroxylation sites is 3. The Balaban J connectivity index is 1.20. The van der Waals surface area contributed by atoms with Crippen molar-refractivity contribution in [3.05, 3.63) is 192 Å². The first-order valence-corrected chi connectivity index (χ1v) is 23.0. The van der Waals surface area contributed by atoms with Crippen LogP contribution in [0.1, 0.15) is 75.3 Å². The fourth-order valence-corrected chi connectivity index (χ4v) is 12.1. The normalized spacial score (nSPS) is 14.8. The lowest BCUT2D eigenvalue weighted by Crippen LogP contribution is -2.57. The summed E-state index contributed by atoms with van der Waals surface area (Å²) in [6.07, 6.45) is 0. The summed E-state index contributed by atoms with van der Waals surface area (Å²) in [5.74, 6) is -0.0444. The van der Waals surface area contributed by atoms with E-state index in [1.807, 2.05) is 0 Å². The van der Waals surface area contributed by atoms with Gasteiger partial charge >= 0.3 is 6.85 Å². The molecule has 0 spiro atoms. The highest BCUT2D eigenvalue weighted by molar-refractivity contribution is 6.88. The van der Waals surface area contributed by atoms with Crippen LogP contribution in [-0.4, -0.2) is 11.3 Å². The van der Waals surface area contributed by atoms with Crippen molar-refractivity contribution in [2.75, 3.05) is 0 Å². The van der Waals surface area contributed by atoms with Crippen molar-refractivity contribution in [1.29, 1.82) is 0 Å². The Morgan fingerprint density at radius 2 is 1.03 bits per heavy atom. The molecule has 0 fully saturated rings. The maximum atomic E-state index is 6.98. The minimum atomic E-state index is -0.0621. The van der Waals surface area contributed by atoms with Gasteiger partial charge in [-0.3, -0.25) is 0 Å². The van der Waals surface area contributed by atoms with Crippen LogP contribution in [-0.2, 0) is 10.8 Å². The zero-order valence-electron chi connectivity index (χ0n) is 37.1. The molecule has 0 radical (unpaired) electrons. The molecule has 14 rings (SSSR count). The third kappa shape index (κ3) is 4.77. The lowest BCUT2D eigenvalue weighted by molar-refractivity contribution is 0.566. The summed E-state index contributed by atoms with van der Waals surface area (Å²) >= 11 is 0. The smallest absolute Gasteiger partial charge is 0.329 e. The second kappa shape index (κ2) is 12.3. The second-order valence-corrected chi connectivity index (χ2v) is 20.8. The van der Waals surface area contributed by atoms with Gasteiger partial charge in [-0.05, 0) is 129 Å². The summed E-state index contributed by atoms with van der Waals surface area (Å²) in [6, 6.07) is 62.7. The molecule has 2 aliphatic heterocycles. The maximum Gasteiger partial charge on any atom is 0.329 e. The zero-order chi connectivity index (χ0) is 43.0. The number of rotatable bonds is 1. The highest BCUT2D eigenvalue weighted by Crippen LogP contribution is 2.50. The van der Waals surface area contributed by atoms with Crippen LogP contribution in [0.3, 0.4) is 0 Å². The number of nitrogens with zero attached hydrogens (tertiary/aromatic N) is 1. The molecule has 0 saturated carbocycles. The highest BCUT2D eigenvalue weighted by Gasteiger charge is 2.45. The molecule has 64 heavy (non-hydrogen) atoms. The third-order valence-electron chi connectivity index (χ3n) is 15.1. The Hall–Kier alpha value is -7.10. The van der Waals surface area contributed by atoms with Gasteiger partial charge in [0.15, 0.2) is 0 Å². The molecule has 10 aromatic carbocycles. The number of hydrogen-bond donors (Lipinski definition) is 0. The van der Waals surface area contributed by atoms with Gasteiger partial charge in [0.25, 0.3) is 0 Å². The number of fused-ring (bicyclic) bond motifs is 18. The van der Waals surface area contributed by atoms with Crippen molar-refractivity contribution in [3.8, 4) is 11.1 Å². The molecule has 2 aliphatic rings. The fourth-order valence-electron chi connectivity index (χ4n) is 12.1. The summed E-state index contributed by atoms with van der Waals surface area (Å²) in [4.78, 5) is 0. The van der Waals surface area contributed by atoms with Crippen LogP contribution >= 0.6 is 0 Å². The van der Waals surface area contributed by atoms with Crippen LogP contribution in [0.15, 0.2) is 168 Å². The third-order valence-corrected chi connectivity index (χ3v) is 15.1. The lowest BCUT2D eigenvalue weighted by Gasteiger charge is -2.39. The van der Waals surface area contributed by atoms with Gasteiger partial charge in [-0.2, -0.15) is 0 Å². The summed E-state index contributed by atoms with van der Waals surface area (Å²) in [5.41, 5.74) is 16.5. The molecule has 0 bridgehead atoms. The molecule has 2 nitrogen and oxygen atoms in total. The van der Waals surface area contributed by atoms with Gasteiger partial charge in [0, 0.05) is 44.1 Å². The van der Waals surface area contributed by atoms with Crippen LogP contribution in [0.2, 0.25) is 0 Å². The average Bonchev–Trinajstić information content (AvgIpc) is 3.84. The van der Waals surface area contributed by atoms with E-state index in [0.29, 0.717) is 0 Å². The average molecular weight is 820 g/mol. The molecule has 0 amide bonds. The first-order chi connectivity index (χ1) is 31.0. The Kier molecular flexibility index (Phi) is 7.01. The molecule has 12 aromatic rings. The van der Waals surface area contributed by atoms with Crippen LogP contribution in [0.4, 0.5) is 0 Å². The number of hydrogen-bond acceptors (Lipinski definition) is 1. The number of furan rings is 1. The molecule has 0 N–H and O–H groups in total. The van der Waals surface area contributed by atoms with E-state index in [0.717, 1.165) is 11.2 Å². The number of aromatic nitrogens is 1. The first kappa shape index (κ1) is 36.4. The molecule has 0 aliphatic carbocycles. The first-order valence-electron chi connectivity index (χ1n) is 23.0. The standard InChI is InChI=1S/C61H46BNO/c1-60(2,3)37-26-36(27-38(32-37)61(4,5)6)55-49-30-34-28-47-41-18-9-7-16-39(41)40-17-8-10-19-42(40)48(47)29-35(34)31-51(49)62-58-50(55)33-54-56(45-21-12-14-25-53(45)64-54)57(58)46-23-15-22-44-43-20-11-13-24-52(43)63(62)59(44)46/h7-33,55H,1-6H3. The van der Waals surface area contributed by atoms with Crippen LogP contribution in [0.25, 0.3) is 98.0 Å². The Labute approximate surface area is 372 Å². The van der Waals surface area contributed by atoms with E-state index in [1.54, 1.807) is 0 Å². The highest BCUT2D eigenvalue weighted by atomic mass is 16.3. The predicted octanol–water partition coefficient (Wildman–Crippen LogP) is 15.0. The van der Waals surface area contributed by atoms with E-state index in [-0.39, 0.29) is 23.6 Å². The largest absolute Gasteiger partial charge is 0.456 e. The van der Waals surface area contributed by atoms with Gasteiger partial charge in [-0.1, -0.05) is 175 Å². The minimum absolute atomic E-state index is 0.0428. The second-order valence-electron chi connectivity index (χ2n) is 20.8. The van der Waals surface area contributed by atoms with E-state index in [9.17, 15) is 0 Å². The Bertz CT molecular complexity index is 4020. The maximum absolute atomic E-state index is 6.98. The Morgan fingerprint density at radius 3 is 1.69 bits per heavy atom. The van der Waals surface area contributed by atoms with Gasteiger partial charge in [0.1, 0.15) is 11.2 Å². The van der Waals surface area contributed by atoms with Crippen LogP contribution < -0.4 is 10.9 Å². The molecule has 1 atom stereocenters. The summed E-state index contributed by atoms with van der Waals surface area (Å²) in [5, 5.41) is 15.3. The van der Waals surface area contributed by atoms with Crippen LogP contribution in [0, 0.1) is 0 Å². The van der Waals surface area contributed by atoms with E-state index < -0.39 is 0 Å². The van der Waals surface area contributed by atoms with Crippen molar-refractivity contribution < 1.29 is 4.42 Å². The summed E-state index contributed by atoms with van der Waals surface area (Å²) < 4.78 is 9.68. The number of benzene rings is 10. The lowest BCUT2D eigenvalue weighted by atomic mass is 9.41. The van der Waals surface area contributed by atoms with E-state index in [4.69, 9.17) is 4.42 Å². The molecule has 1 unspecified atom stereocenters. The molecule has 3 heteroatoms. The van der Waals surface area contributed by atoms with Crippen molar-refractivity contribution in [2.24, 2.45) is 0 Å². The van der Waals surface area contributed by atoms with E-state index in [1.165, 1.54) is 126 Å². The predicted molar refractivity (Wildman–Crippen MR) is 274 cm³/mol. The minimum Gasteiger partial charge on any atom is -0.456 e. The zero-order valence-corrected chi connectivity index (χ0v) is 37.1. The molecular formula is C61H46BNO. The molecule has 304 valence electrons. The topological polar surface area (TPSA) is 18.1 Å². The molecular weight excluding hydrogens is 773 g/mol. The van der Waals surface area contributed by atoms with Crippen molar-refractivity contribution in [3.63, 3.8) is 0 Å². The van der Waals surface area contributed by atoms with E-state index in [2.05, 4.69) is 210 Å². The quantitative estimate of drug-likeness (QED) is 0.0917. The van der Waals surface area contributed by atoms with E-state index >= 15 is 0 Å². The van der Waals surface area contributed by atoms with Gasteiger partial charge in [-0.25, -0.2) is 0 Å². The van der Waals surface area contributed by atoms with Crippen molar-refractivity contribution in [1.82, 2.24) is 4.48 Å². The van der Waals surface area contributed by atoms with Crippen LogP contribution in [0.5, 0.6) is 0 Å². The van der Waals surface area contributed by atoms with Crippen molar-refractivity contribution in [2.45, 2.75) is 58.3 Å². The monoisotopic (exact) mass is 819 g/mol. The van der Waals surface area contributed by atoms with Gasteiger partial charge < -0.3 is 8.90 Å². The summed E-state index contributed by atoms with van der Waals surface area (Å²) in [6.45, 7) is 14.1. The summed E-state index contributed by atoms with van der Waals surface area (Å²) in [7, 11) is 0.